The van der Waals surface area contributed by atoms with Gasteiger partial charge in [0.1, 0.15) is 5.69 Å². The van der Waals surface area contributed by atoms with Crippen molar-refractivity contribution in [3.8, 4) is 11.3 Å². The number of halogens is 1. The predicted octanol–water partition coefficient (Wildman–Crippen LogP) is 0.486. The van der Waals surface area contributed by atoms with E-state index in [2.05, 4.69) is 15.2 Å². The highest BCUT2D eigenvalue weighted by molar-refractivity contribution is 5.61. The molecule has 0 fully saturated rings. The number of rotatable bonds is 1. The molecule has 0 spiro atoms. The van der Waals surface area contributed by atoms with Crippen LogP contribution in [0.25, 0.3) is 11.3 Å². The highest BCUT2D eigenvalue weighted by Gasteiger charge is 2.13. The number of hydrogen-bond donors (Lipinski definition) is 3. The lowest BCUT2D eigenvalue weighted by Gasteiger charge is -1.94. The molecule has 0 saturated heterocycles. The highest BCUT2D eigenvalue weighted by Crippen LogP contribution is 2.19. The van der Waals surface area contributed by atoms with E-state index in [0.717, 1.165) is 0 Å². The van der Waals surface area contributed by atoms with Crippen LogP contribution in [0.4, 0.5) is 10.2 Å². The standard InChI is InChI=1S/C8H7FN4O/c9-6-7(12-13-8(6)10)4-3-11-2-1-5(4)14/h1-3H,(H,11,14)(H3,10,12,13). The Morgan fingerprint density at radius 2 is 2.29 bits per heavy atom. The third kappa shape index (κ3) is 1.17. The average molecular weight is 194 g/mol. The SMILES string of the molecule is Nc1n[nH]c(-c2c[nH]ccc2=O)c1F. The van der Waals surface area contributed by atoms with Gasteiger partial charge in [-0.2, -0.15) is 5.10 Å². The summed E-state index contributed by atoms with van der Waals surface area (Å²) in [6.45, 7) is 0. The van der Waals surface area contributed by atoms with Crippen LogP contribution < -0.4 is 11.2 Å². The highest BCUT2D eigenvalue weighted by atomic mass is 19.1. The van der Waals surface area contributed by atoms with Gasteiger partial charge in [-0.1, -0.05) is 0 Å². The van der Waals surface area contributed by atoms with E-state index < -0.39 is 5.82 Å². The van der Waals surface area contributed by atoms with Gasteiger partial charge in [0.05, 0.1) is 5.56 Å². The van der Waals surface area contributed by atoms with Crippen LogP contribution in [0.15, 0.2) is 23.3 Å². The van der Waals surface area contributed by atoms with E-state index in [1.54, 1.807) is 0 Å². The summed E-state index contributed by atoms with van der Waals surface area (Å²) in [5.41, 5.74) is 5.08. The number of hydrogen-bond acceptors (Lipinski definition) is 3. The van der Waals surface area contributed by atoms with Crippen molar-refractivity contribution in [2.24, 2.45) is 0 Å². The van der Waals surface area contributed by atoms with Crippen molar-refractivity contribution >= 4 is 5.82 Å². The molecule has 0 amide bonds. The number of nitrogens with zero attached hydrogens (tertiary/aromatic N) is 1. The Balaban J connectivity index is 2.67. The molecule has 0 saturated carbocycles. The van der Waals surface area contributed by atoms with Crippen LogP contribution in [0, 0.1) is 5.82 Å². The molecule has 0 radical (unpaired) electrons. The van der Waals surface area contributed by atoms with Gasteiger partial charge >= 0.3 is 0 Å². The minimum Gasteiger partial charge on any atom is -0.380 e. The van der Waals surface area contributed by atoms with Crippen molar-refractivity contribution < 1.29 is 4.39 Å². The summed E-state index contributed by atoms with van der Waals surface area (Å²) in [5.74, 6) is -0.954. The fourth-order valence-corrected chi connectivity index (χ4v) is 1.13. The molecule has 0 aliphatic heterocycles. The Labute approximate surface area is 77.8 Å². The number of H-pyrrole nitrogens is 2. The van der Waals surface area contributed by atoms with Gasteiger partial charge in [0.2, 0.25) is 0 Å². The maximum Gasteiger partial charge on any atom is 0.192 e. The second-order valence-corrected chi connectivity index (χ2v) is 2.72. The molecule has 2 heterocycles. The van der Waals surface area contributed by atoms with Gasteiger partial charge in [-0.25, -0.2) is 4.39 Å². The normalized spacial score (nSPS) is 10.4. The Morgan fingerprint density at radius 3 is 2.86 bits per heavy atom. The molecule has 6 heteroatoms. The summed E-state index contributed by atoms with van der Waals surface area (Å²) in [5, 5.41) is 5.82. The third-order valence-electron chi connectivity index (χ3n) is 1.83. The molecule has 2 rings (SSSR count). The van der Waals surface area contributed by atoms with Gasteiger partial charge in [0.15, 0.2) is 17.1 Å². The molecule has 0 aliphatic rings. The first-order chi connectivity index (χ1) is 6.70. The Morgan fingerprint density at radius 1 is 1.50 bits per heavy atom. The van der Waals surface area contributed by atoms with Crippen molar-refractivity contribution in [3.05, 3.63) is 34.5 Å². The van der Waals surface area contributed by atoms with Crippen LogP contribution in [0.2, 0.25) is 0 Å². The van der Waals surface area contributed by atoms with Gasteiger partial charge in [-0.05, 0) is 0 Å². The van der Waals surface area contributed by atoms with E-state index >= 15 is 0 Å². The number of nitrogens with two attached hydrogens (primary N) is 1. The lowest BCUT2D eigenvalue weighted by atomic mass is 10.2. The zero-order valence-electron chi connectivity index (χ0n) is 7.04. The molecule has 0 aromatic carbocycles. The van der Waals surface area contributed by atoms with Crippen LogP contribution in [0.5, 0.6) is 0 Å². The summed E-state index contributed by atoms with van der Waals surface area (Å²) in [4.78, 5) is 14.0. The van der Waals surface area contributed by atoms with Crippen molar-refractivity contribution in [3.63, 3.8) is 0 Å². The topological polar surface area (TPSA) is 87.6 Å². The number of anilines is 1. The first kappa shape index (κ1) is 8.49. The van der Waals surface area contributed by atoms with E-state index in [1.165, 1.54) is 18.5 Å². The Hall–Kier alpha value is -2.11. The molecular weight excluding hydrogens is 187 g/mol. The van der Waals surface area contributed by atoms with Gasteiger partial charge in [-0.15, -0.1) is 0 Å². The Bertz CT molecular complexity index is 516. The summed E-state index contributed by atoms with van der Waals surface area (Å²) in [6, 6.07) is 1.30. The smallest absolute Gasteiger partial charge is 0.192 e. The minimum atomic E-state index is -0.707. The van der Waals surface area contributed by atoms with Crippen molar-refractivity contribution in [1.29, 1.82) is 0 Å². The molecule has 0 aliphatic carbocycles. The van der Waals surface area contributed by atoms with Gasteiger partial charge in [-0.3, -0.25) is 9.89 Å². The molecule has 0 unspecified atom stereocenters. The summed E-state index contributed by atoms with van der Waals surface area (Å²) in [6.07, 6.45) is 2.85. The maximum absolute atomic E-state index is 13.3. The predicted molar refractivity (Wildman–Crippen MR) is 49.0 cm³/mol. The molecule has 2 aromatic heterocycles. The zero-order chi connectivity index (χ0) is 10.1. The lowest BCUT2D eigenvalue weighted by Crippen LogP contribution is -2.03. The molecule has 0 atom stereocenters. The first-order valence-electron chi connectivity index (χ1n) is 3.87. The second kappa shape index (κ2) is 2.99. The lowest BCUT2D eigenvalue weighted by molar-refractivity contribution is 0.636. The van der Waals surface area contributed by atoms with Crippen LogP contribution in [0.1, 0.15) is 0 Å². The minimum absolute atomic E-state index is 0.00403. The van der Waals surface area contributed by atoms with E-state index in [0.29, 0.717) is 0 Å². The average Bonchev–Trinajstić information content (AvgIpc) is 2.49. The summed E-state index contributed by atoms with van der Waals surface area (Å²) >= 11 is 0. The summed E-state index contributed by atoms with van der Waals surface area (Å²) in [7, 11) is 0. The number of pyridine rings is 1. The number of aromatic nitrogens is 3. The van der Waals surface area contributed by atoms with Crippen LogP contribution in [0.3, 0.4) is 0 Å². The van der Waals surface area contributed by atoms with Gasteiger partial charge in [0, 0.05) is 18.5 Å². The van der Waals surface area contributed by atoms with Gasteiger partial charge < -0.3 is 10.7 Å². The number of nitrogen functional groups attached to an aromatic ring is 1. The van der Waals surface area contributed by atoms with E-state index in [-0.39, 0.29) is 22.5 Å². The molecule has 0 bridgehead atoms. The van der Waals surface area contributed by atoms with Crippen molar-refractivity contribution in [1.82, 2.24) is 15.2 Å². The molecule has 14 heavy (non-hydrogen) atoms. The van der Waals surface area contributed by atoms with Crippen LogP contribution >= 0.6 is 0 Å². The quantitative estimate of drug-likeness (QED) is 0.617. The summed E-state index contributed by atoms with van der Waals surface area (Å²) < 4.78 is 13.3. The fourth-order valence-electron chi connectivity index (χ4n) is 1.13. The molecule has 72 valence electrons. The van der Waals surface area contributed by atoms with Crippen LogP contribution in [-0.2, 0) is 0 Å². The van der Waals surface area contributed by atoms with Crippen molar-refractivity contribution in [2.45, 2.75) is 0 Å². The van der Waals surface area contributed by atoms with Crippen molar-refractivity contribution in [2.75, 3.05) is 5.73 Å². The molecule has 5 nitrogen and oxygen atoms in total. The largest absolute Gasteiger partial charge is 0.380 e. The third-order valence-corrected chi connectivity index (χ3v) is 1.83. The maximum atomic E-state index is 13.3. The Kier molecular flexibility index (Phi) is 1.81. The molecule has 4 N–H and O–H groups in total. The van der Waals surface area contributed by atoms with E-state index in [4.69, 9.17) is 5.73 Å². The molecule has 2 aromatic rings. The molecular formula is C8H7FN4O. The zero-order valence-corrected chi connectivity index (χ0v) is 7.04. The number of aromatic amines is 2. The first-order valence-corrected chi connectivity index (χ1v) is 3.87. The second-order valence-electron chi connectivity index (χ2n) is 2.72. The number of nitrogens with one attached hydrogen (secondary N) is 2. The fraction of sp³-hybridized carbons (Fsp3) is 0. The monoisotopic (exact) mass is 194 g/mol. The van der Waals surface area contributed by atoms with E-state index in [1.807, 2.05) is 0 Å². The van der Waals surface area contributed by atoms with Gasteiger partial charge in [0.25, 0.3) is 0 Å². The van der Waals surface area contributed by atoms with Crippen LogP contribution in [-0.4, -0.2) is 15.2 Å². The van der Waals surface area contributed by atoms with E-state index in [9.17, 15) is 9.18 Å².